The molecule has 1 rings (SSSR count). The summed E-state index contributed by atoms with van der Waals surface area (Å²) in [5.41, 5.74) is 8.41. The number of benzene rings is 1. The molecule has 0 aliphatic heterocycles. The molecule has 1 atom stereocenters. The predicted molar refractivity (Wildman–Crippen MR) is 95.1 cm³/mol. The average molecular weight is 305 g/mol. The van der Waals surface area contributed by atoms with Gasteiger partial charge in [0.25, 0.3) is 0 Å². The van der Waals surface area contributed by atoms with Crippen LogP contribution in [0.3, 0.4) is 0 Å². The molecule has 0 aliphatic rings. The molecule has 22 heavy (non-hydrogen) atoms. The Hall–Kier alpha value is -1.55. The minimum Gasteiger partial charge on any atom is -0.398 e. The van der Waals surface area contributed by atoms with Gasteiger partial charge in [-0.05, 0) is 57.5 Å². The molecule has 1 aromatic rings. The Labute approximate surface area is 135 Å². The lowest BCUT2D eigenvalue weighted by molar-refractivity contribution is -0.120. The summed E-state index contributed by atoms with van der Waals surface area (Å²) < 4.78 is 0. The molecule has 0 spiro atoms. The Balaban J connectivity index is 2.68. The van der Waals surface area contributed by atoms with Crippen molar-refractivity contribution >= 4 is 17.3 Å². The Morgan fingerprint density at radius 2 is 1.82 bits per heavy atom. The third-order valence-electron chi connectivity index (χ3n) is 4.07. The van der Waals surface area contributed by atoms with Crippen molar-refractivity contribution in [3.63, 3.8) is 0 Å². The van der Waals surface area contributed by atoms with Crippen molar-refractivity contribution in [3.05, 3.63) is 23.8 Å². The molecule has 0 aliphatic carbocycles. The van der Waals surface area contributed by atoms with Crippen LogP contribution in [0.5, 0.6) is 0 Å². The van der Waals surface area contributed by atoms with Crippen LogP contribution in [0.15, 0.2) is 18.2 Å². The molecule has 0 aromatic heterocycles. The fraction of sp³-hybridized carbons (Fsp3) is 0.611. The first-order valence-corrected chi connectivity index (χ1v) is 8.40. The van der Waals surface area contributed by atoms with E-state index >= 15 is 0 Å². The minimum atomic E-state index is -0.124. The van der Waals surface area contributed by atoms with Gasteiger partial charge in [-0.3, -0.25) is 9.69 Å². The van der Waals surface area contributed by atoms with Crippen LogP contribution in [-0.2, 0) is 4.79 Å². The molecule has 1 aromatic carbocycles. The zero-order valence-electron chi connectivity index (χ0n) is 14.5. The minimum absolute atomic E-state index is 0.0375. The average Bonchev–Trinajstić information content (AvgIpc) is 2.50. The second-order valence-corrected chi connectivity index (χ2v) is 5.98. The highest BCUT2D eigenvalue weighted by Crippen LogP contribution is 2.17. The lowest BCUT2D eigenvalue weighted by atomic mass is 10.1. The normalized spacial score (nSPS) is 12.4. The Morgan fingerprint density at radius 3 is 2.32 bits per heavy atom. The van der Waals surface area contributed by atoms with E-state index in [1.165, 1.54) is 0 Å². The van der Waals surface area contributed by atoms with Crippen LogP contribution in [0.2, 0.25) is 0 Å². The van der Waals surface area contributed by atoms with Gasteiger partial charge < -0.3 is 11.1 Å². The molecule has 0 radical (unpaired) electrons. The smallest absolute Gasteiger partial charge is 0.241 e. The Morgan fingerprint density at radius 1 is 1.23 bits per heavy atom. The second-order valence-electron chi connectivity index (χ2n) is 5.98. The summed E-state index contributed by atoms with van der Waals surface area (Å²) in [6, 6.07) is 5.53. The molecule has 1 amide bonds. The Bertz CT molecular complexity index is 465. The SMILES string of the molecule is CCCCN(CCCC)C(C)C(=O)Nc1ccc(C)c(N)c1. The van der Waals surface area contributed by atoms with E-state index in [-0.39, 0.29) is 11.9 Å². The van der Waals surface area contributed by atoms with Crippen LogP contribution in [0.1, 0.15) is 52.0 Å². The monoisotopic (exact) mass is 305 g/mol. The second kappa shape index (κ2) is 9.46. The summed E-state index contributed by atoms with van der Waals surface area (Å²) >= 11 is 0. The van der Waals surface area contributed by atoms with Crippen LogP contribution >= 0.6 is 0 Å². The molecule has 0 heterocycles. The number of nitrogens with one attached hydrogen (secondary N) is 1. The molecule has 0 fully saturated rings. The number of aryl methyl sites for hydroxylation is 1. The maximum absolute atomic E-state index is 12.5. The van der Waals surface area contributed by atoms with E-state index in [1.807, 2.05) is 32.0 Å². The summed E-state index contributed by atoms with van der Waals surface area (Å²) in [6.45, 7) is 10.2. The maximum Gasteiger partial charge on any atom is 0.241 e. The van der Waals surface area contributed by atoms with Crippen LogP contribution in [0.4, 0.5) is 11.4 Å². The largest absolute Gasteiger partial charge is 0.398 e. The maximum atomic E-state index is 12.5. The quantitative estimate of drug-likeness (QED) is 0.682. The van der Waals surface area contributed by atoms with Crippen molar-refractivity contribution in [2.45, 2.75) is 59.4 Å². The molecular formula is C18H31N3O. The van der Waals surface area contributed by atoms with Crippen LogP contribution in [0, 0.1) is 6.92 Å². The van der Waals surface area contributed by atoms with Gasteiger partial charge in [0.15, 0.2) is 0 Å². The van der Waals surface area contributed by atoms with Crippen LogP contribution in [0.25, 0.3) is 0 Å². The highest BCUT2D eigenvalue weighted by atomic mass is 16.2. The molecule has 4 heteroatoms. The van der Waals surface area contributed by atoms with E-state index in [1.54, 1.807) is 0 Å². The topological polar surface area (TPSA) is 58.4 Å². The molecular weight excluding hydrogens is 274 g/mol. The zero-order valence-corrected chi connectivity index (χ0v) is 14.5. The number of hydrogen-bond donors (Lipinski definition) is 2. The van der Waals surface area contributed by atoms with Crippen molar-refractivity contribution in [1.82, 2.24) is 4.90 Å². The Kier molecular flexibility index (Phi) is 7.96. The summed E-state index contributed by atoms with van der Waals surface area (Å²) in [5.74, 6) is 0.0375. The first-order chi connectivity index (χ1) is 10.5. The van der Waals surface area contributed by atoms with Crippen molar-refractivity contribution in [2.75, 3.05) is 24.1 Å². The van der Waals surface area contributed by atoms with E-state index in [0.29, 0.717) is 5.69 Å². The highest BCUT2D eigenvalue weighted by molar-refractivity contribution is 5.95. The van der Waals surface area contributed by atoms with Crippen LogP contribution in [-0.4, -0.2) is 29.9 Å². The van der Waals surface area contributed by atoms with Gasteiger partial charge >= 0.3 is 0 Å². The third-order valence-corrected chi connectivity index (χ3v) is 4.07. The van der Waals surface area contributed by atoms with E-state index in [9.17, 15) is 4.79 Å². The van der Waals surface area contributed by atoms with E-state index < -0.39 is 0 Å². The molecule has 0 saturated carbocycles. The number of nitrogens with two attached hydrogens (primary N) is 1. The molecule has 3 N–H and O–H groups in total. The predicted octanol–water partition coefficient (Wildman–Crippen LogP) is 3.81. The van der Waals surface area contributed by atoms with Crippen LogP contribution < -0.4 is 11.1 Å². The number of unbranched alkanes of at least 4 members (excludes halogenated alkanes) is 2. The first kappa shape index (κ1) is 18.5. The molecule has 4 nitrogen and oxygen atoms in total. The van der Waals surface area contributed by atoms with Gasteiger partial charge in [0.1, 0.15) is 0 Å². The lowest BCUT2D eigenvalue weighted by Gasteiger charge is -2.28. The number of nitrogens with zero attached hydrogens (tertiary/aromatic N) is 1. The third kappa shape index (κ3) is 5.68. The van der Waals surface area contributed by atoms with Crippen molar-refractivity contribution < 1.29 is 4.79 Å². The summed E-state index contributed by atoms with van der Waals surface area (Å²) in [5, 5.41) is 2.98. The number of hydrogen-bond acceptors (Lipinski definition) is 3. The summed E-state index contributed by atoms with van der Waals surface area (Å²) in [7, 11) is 0. The van der Waals surface area contributed by atoms with Crippen molar-refractivity contribution in [2.24, 2.45) is 0 Å². The number of amides is 1. The molecule has 1 unspecified atom stereocenters. The van der Waals surface area contributed by atoms with Gasteiger partial charge in [0.2, 0.25) is 5.91 Å². The highest BCUT2D eigenvalue weighted by Gasteiger charge is 2.20. The standard InChI is InChI=1S/C18H31N3O/c1-5-7-11-21(12-8-6-2)15(4)18(22)20-16-10-9-14(3)17(19)13-16/h9-10,13,15H,5-8,11-12,19H2,1-4H3,(H,20,22). The van der Waals surface area contributed by atoms with Gasteiger partial charge in [-0.1, -0.05) is 32.8 Å². The molecule has 124 valence electrons. The van der Waals surface area contributed by atoms with Crippen molar-refractivity contribution in [3.8, 4) is 0 Å². The van der Waals surface area contributed by atoms with E-state index in [2.05, 4.69) is 24.1 Å². The molecule has 0 bridgehead atoms. The number of carbonyl (C=O) groups is 1. The fourth-order valence-corrected chi connectivity index (χ4v) is 2.35. The van der Waals surface area contributed by atoms with Gasteiger partial charge in [0.05, 0.1) is 6.04 Å². The first-order valence-electron chi connectivity index (χ1n) is 8.40. The lowest BCUT2D eigenvalue weighted by Crippen LogP contribution is -2.43. The van der Waals surface area contributed by atoms with Gasteiger partial charge in [-0.25, -0.2) is 0 Å². The number of rotatable bonds is 9. The summed E-state index contributed by atoms with van der Waals surface area (Å²) in [4.78, 5) is 14.8. The summed E-state index contributed by atoms with van der Waals surface area (Å²) in [6.07, 6.45) is 4.54. The number of carbonyl (C=O) groups excluding carboxylic acids is 1. The fourth-order valence-electron chi connectivity index (χ4n) is 2.35. The molecule has 0 saturated heterocycles. The van der Waals surface area contributed by atoms with E-state index in [4.69, 9.17) is 5.73 Å². The van der Waals surface area contributed by atoms with Gasteiger partial charge in [-0.2, -0.15) is 0 Å². The number of nitrogen functional groups attached to an aromatic ring is 1. The van der Waals surface area contributed by atoms with Gasteiger partial charge in [0, 0.05) is 11.4 Å². The van der Waals surface area contributed by atoms with Crippen molar-refractivity contribution in [1.29, 1.82) is 0 Å². The number of anilines is 2. The van der Waals surface area contributed by atoms with E-state index in [0.717, 1.165) is 50.0 Å². The zero-order chi connectivity index (χ0) is 16.5. The van der Waals surface area contributed by atoms with Gasteiger partial charge in [-0.15, -0.1) is 0 Å².